The molecule has 1 atom stereocenters. The number of para-hydroxylation sites is 1. The van der Waals surface area contributed by atoms with Crippen molar-refractivity contribution < 1.29 is 18.3 Å². The van der Waals surface area contributed by atoms with Crippen LogP contribution < -0.4 is 9.62 Å². The molecule has 3 heterocycles. The second-order valence-corrected chi connectivity index (χ2v) is 11.6. The van der Waals surface area contributed by atoms with E-state index in [4.69, 9.17) is 0 Å². The Bertz CT molecular complexity index is 1580. The van der Waals surface area contributed by atoms with Crippen molar-refractivity contribution in [3.63, 3.8) is 0 Å². The van der Waals surface area contributed by atoms with E-state index < -0.39 is 27.1 Å². The fourth-order valence-corrected chi connectivity index (χ4v) is 5.91. The number of carbonyl (C=O) groups is 1. The van der Waals surface area contributed by atoms with E-state index in [1.54, 1.807) is 57.4 Å². The molecule has 0 bridgehead atoms. The molecule has 1 aliphatic heterocycles. The van der Waals surface area contributed by atoms with Crippen LogP contribution in [0.3, 0.4) is 0 Å². The number of benzene rings is 2. The highest BCUT2D eigenvalue weighted by molar-refractivity contribution is 7.89. The number of carbonyl (C=O) groups excluding carboxylic acids is 1. The predicted octanol–water partition coefficient (Wildman–Crippen LogP) is 3.49. The predicted molar refractivity (Wildman–Crippen MR) is 137 cm³/mol. The molecule has 1 aliphatic rings. The highest BCUT2D eigenvalue weighted by Crippen LogP contribution is 2.45. The molecule has 2 aromatic carbocycles. The second kappa shape index (κ2) is 8.48. The van der Waals surface area contributed by atoms with E-state index >= 15 is 0 Å². The summed E-state index contributed by atoms with van der Waals surface area (Å²) in [5, 5.41) is 12.7. The third-order valence-electron chi connectivity index (χ3n) is 6.01. The Morgan fingerprint density at radius 2 is 1.72 bits per heavy atom. The number of hydrogen-bond donors (Lipinski definition) is 2. The Morgan fingerprint density at radius 1 is 1.00 bits per heavy atom. The zero-order valence-corrected chi connectivity index (χ0v) is 21.0. The van der Waals surface area contributed by atoms with Gasteiger partial charge in [-0.15, -0.1) is 0 Å². The number of aromatic nitrogens is 2. The number of nitrogens with zero attached hydrogens (tertiary/aromatic N) is 3. The molecule has 2 N–H and O–H groups in total. The first-order valence-corrected chi connectivity index (χ1v) is 13.0. The molecule has 184 valence electrons. The zero-order chi connectivity index (χ0) is 25.7. The Hall–Kier alpha value is -3.66. The van der Waals surface area contributed by atoms with Crippen LogP contribution in [0.5, 0.6) is 0 Å². The number of amides is 1. The van der Waals surface area contributed by atoms with Crippen molar-refractivity contribution in [1.82, 2.24) is 14.7 Å². The van der Waals surface area contributed by atoms with Crippen LogP contribution in [0.4, 0.5) is 5.69 Å². The van der Waals surface area contributed by atoms with Crippen molar-refractivity contribution in [2.75, 3.05) is 4.90 Å². The van der Waals surface area contributed by atoms with Crippen molar-refractivity contribution >= 4 is 32.7 Å². The van der Waals surface area contributed by atoms with Crippen LogP contribution in [0.1, 0.15) is 37.5 Å². The topological polar surface area (TPSA) is 112 Å². The van der Waals surface area contributed by atoms with E-state index in [-0.39, 0.29) is 17.0 Å². The summed E-state index contributed by atoms with van der Waals surface area (Å²) in [5.74, 6) is -0.515. The average molecular weight is 503 g/mol. The summed E-state index contributed by atoms with van der Waals surface area (Å²) < 4.78 is 28.0. The largest absolute Gasteiger partial charge is 0.372 e. The normalized spacial score (nSPS) is 18.0. The monoisotopic (exact) mass is 502 g/mol. The number of nitrogens with one attached hydrogen (secondary N) is 1. The maximum Gasteiger partial charge on any atom is 0.268 e. The van der Waals surface area contributed by atoms with Crippen LogP contribution in [0.2, 0.25) is 0 Å². The molecule has 1 amide bonds. The standard InChI is InChI=1S/C27H26N4O4S/c1-26(2,3)30-36(34,35)21-12-10-20(11-13-21)27(33)22-8-4-5-9-23(22)31(25(27)32)17-18-15-19-7-6-14-28-24(19)29-16-18/h4-16,30,33H,17H2,1-3H3. The van der Waals surface area contributed by atoms with Crippen LogP contribution in [-0.4, -0.2) is 34.9 Å². The molecule has 0 spiro atoms. The second-order valence-electron chi connectivity index (χ2n) is 9.89. The summed E-state index contributed by atoms with van der Waals surface area (Å²) in [7, 11) is -3.76. The van der Waals surface area contributed by atoms with Crippen molar-refractivity contribution in [1.29, 1.82) is 0 Å². The van der Waals surface area contributed by atoms with Gasteiger partial charge in [-0.1, -0.05) is 30.3 Å². The lowest BCUT2D eigenvalue weighted by atomic mass is 9.87. The minimum atomic E-state index is -3.76. The highest BCUT2D eigenvalue weighted by atomic mass is 32.2. The van der Waals surface area contributed by atoms with E-state index in [1.165, 1.54) is 29.2 Å². The van der Waals surface area contributed by atoms with Crippen molar-refractivity contribution in [2.45, 2.75) is 43.4 Å². The van der Waals surface area contributed by atoms with E-state index in [9.17, 15) is 18.3 Å². The maximum atomic E-state index is 13.7. The summed E-state index contributed by atoms with van der Waals surface area (Å²) in [6.45, 7) is 5.47. The van der Waals surface area contributed by atoms with Crippen molar-refractivity contribution in [3.8, 4) is 0 Å². The quantitative estimate of drug-likeness (QED) is 0.432. The van der Waals surface area contributed by atoms with Gasteiger partial charge >= 0.3 is 0 Å². The number of aliphatic hydroxyl groups is 1. The molecule has 1 unspecified atom stereocenters. The molecule has 0 aliphatic carbocycles. The van der Waals surface area contributed by atoms with Gasteiger partial charge in [-0.2, -0.15) is 0 Å². The van der Waals surface area contributed by atoms with E-state index in [1.807, 2.05) is 18.2 Å². The van der Waals surface area contributed by atoms with Gasteiger partial charge in [-0.05, 0) is 68.3 Å². The summed E-state index contributed by atoms with van der Waals surface area (Å²) in [5.41, 5.74) is 0.112. The molecule has 4 aromatic rings. The number of anilines is 1. The lowest BCUT2D eigenvalue weighted by molar-refractivity contribution is -0.132. The Morgan fingerprint density at radius 3 is 2.44 bits per heavy atom. The molecule has 36 heavy (non-hydrogen) atoms. The molecule has 0 fully saturated rings. The first-order chi connectivity index (χ1) is 17.0. The summed E-state index contributed by atoms with van der Waals surface area (Å²) in [6.07, 6.45) is 3.34. The van der Waals surface area contributed by atoms with Gasteiger partial charge in [-0.3, -0.25) is 4.79 Å². The smallest absolute Gasteiger partial charge is 0.268 e. The Kier molecular flexibility index (Phi) is 5.66. The summed E-state index contributed by atoms with van der Waals surface area (Å²) in [6, 6.07) is 18.5. The van der Waals surface area contributed by atoms with Gasteiger partial charge in [0.05, 0.1) is 17.1 Å². The average Bonchev–Trinajstić information content (AvgIpc) is 3.05. The van der Waals surface area contributed by atoms with Gasteiger partial charge in [-0.25, -0.2) is 23.1 Å². The molecule has 2 aromatic heterocycles. The van der Waals surface area contributed by atoms with Crippen molar-refractivity contribution in [2.24, 2.45) is 0 Å². The van der Waals surface area contributed by atoms with Crippen LogP contribution in [0.15, 0.2) is 84.0 Å². The number of fused-ring (bicyclic) bond motifs is 2. The molecule has 5 rings (SSSR count). The van der Waals surface area contributed by atoms with Crippen LogP contribution in [0, 0.1) is 0 Å². The Labute approximate surface area is 209 Å². The summed E-state index contributed by atoms with van der Waals surface area (Å²) >= 11 is 0. The molecule has 9 heteroatoms. The van der Waals surface area contributed by atoms with E-state index in [2.05, 4.69) is 14.7 Å². The first kappa shape index (κ1) is 24.1. The molecular weight excluding hydrogens is 476 g/mol. The van der Waals surface area contributed by atoms with E-state index in [0.29, 0.717) is 16.9 Å². The third kappa shape index (κ3) is 4.15. The summed E-state index contributed by atoms with van der Waals surface area (Å²) in [4.78, 5) is 23.9. The van der Waals surface area contributed by atoms with Gasteiger partial charge in [0.25, 0.3) is 5.91 Å². The maximum absolute atomic E-state index is 13.7. The molecular formula is C27H26N4O4S. The fraction of sp³-hybridized carbons (Fsp3) is 0.222. The van der Waals surface area contributed by atoms with Gasteiger partial charge in [0, 0.05) is 28.9 Å². The molecule has 0 saturated carbocycles. The molecule has 8 nitrogen and oxygen atoms in total. The van der Waals surface area contributed by atoms with Crippen LogP contribution in [-0.2, 0) is 27.0 Å². The SMILES string of the molecule is CC(C)(C)NS(=O)(=O)c1ccc(C2(O)C(=O)N(Cc3cnc4ncccc4c3)c3ccccc32)cc1. The third-order valence-corrected chi connectivity index (χ3v) is 7.79. The minimum Gasteiger partial charge on any atom is -0.372 e. The number of rotatable bonds is 5. The number of pyridine rings is 2. The Balaban J connectivity index is 1.51. The van der Waals surface area contributed by atoms with Gasteiger partial charge in [0.1, 0.15) is 0 Å². The number of sulfonamides is 1. The van der Waals surface area contributed by atoms with Gasteiger partial charge < -0.3 is 10.0 Å². The minimum absolute atomic E-state index is 0.0520. The fourth-order valence-electron chi connectivity index (χ4n) is 4.49. The van der Waals surface area contributed by atoms with Crippen LogP contribution in [0.25, 0.3) is 11.0 Å². The number of hydrogen-bond acceptors (Lipinski definition) is 6. The first-order valence-electron chi connectivity index (χ1n) is 11.5. The van der Waals surface area contributed by atoms with E-state index in [0.717, 1.165) is 10.9 Å². The van der Waals surface area contributed by atoms with Crippen LogP contribution >= 0.6 is 0 Å². The van der Waals surface area contributed by atoms with Crippen molar-refractivity contribution in [3.05, 3.63) is 95.8 Å². The highest BCUT2D eigenvalue weighted by Gasteiger charge is 2.51. The van der Waals surface area contributed by atoms with Gasteiger partial charge in [0.2, 0.25) is 10.0 Å². The lowest BCUT2D eigenvalue weighted by Crippen LogP contribution is -2.41. The van der Waals surface area contributed by atoms with Gasteiger partial charge in [0.15, 0.2) is 11.2 Å². The molecule has 0 radical (unpaired) electrons. The lowest BCUT2D eigenvalue weighted by Gasteiger charge is -2.24. The molecule has 0 saturated heterocycles. The zero-order valence-electron chi connectivity index (χ0n) is 20.1.